The maximum Gasteiger partial charge on any atom is 0.253 e. The van der Waals surface area contributed by atoms with Gasteiger partial charge in [-0.2, -0.15) is 0 Å². The fourth-order valence-electron chi connectivity index (χ4n) is 6.06. The Balaban J connectivity index is 1.48. The zero-order chi connectivity index (χ0) is 15.7. The van der Waals surface area contributed by atoms with E-state index < -0.39 is 5.79 Å². The quantitative estimate of drug-likeness (QED) is 0.728. The van der Waals surface area contributed by atoms with Gasteiger partial charge in [-0.15, -0.1) is 0 Å². The van der Waals surface area contributed by atoms with Gasteiger partial charge < -0.3 is 14.6 Å². The van der Waals surface area contributed by atoms with E-state index in [0.717, 1.165) is 32.1 Å². The van der Waals surface area contributed by atoms with Gasteiger partial charge in [-0.05, 0) is 61.5 Å². The SMILES string of the molecule is C[C@]12CC=C3C4=C(CC[C@H]3[C@@H]1CCC2O)CC1(CC4)OC=CO1. The summed E-state index contributed by atoms with van der Waals surface area (Å²) in [5.74, 6) is 0.934. The molecule has 124 valence electrons. The summed E-state index contributed by atoms with van der Waals surface area (Å²) in [6, 6.07) is 0. The van der Waals surface area contributed by atoms with Crippen LogP contribution < -0.4 is 0 Å². The van der Waals surface area contributed by atoms with Crippen molar-refractivity contribution in [3.8, 4) is 0 Å². The lowest BCUT2D eigenvalue weighted by Gasteiger charge is -2.48. The molecule has 1 aliphatic heterocycles. The molecule has 0 amide bonds. The standard InChI is InChI=1S/C20H26O3/c1-19-8-6-15-14-7-9-20(22-10-11-23-20)12-13(14)2-3-16(15)17(19)4-5-18(19)21/h6,10-11,16-18,21H,2-5,7-9,12H2,1H3/t16-,17+,18?,19+/m1/s1. The van der Waals surface area contributed by atoms with E-state index in [9.17, 15) is 5.11 Å². The molecular formula is C20H26O3. The number of ether oxygens (including phenoxy) is 2. The molecule has 1 heterocycles. The molecular weight excluding hydrogens is 288 g/mol. The van der Waals surface area contributed by atoms with E-state index in [-0.39, 0.29) is 11.5 Å². The summed E-state index contributed by atoms with van der Waals surface area (Å²) in [4.78, 5) is 0. The van der Waals surface area contributed by atoms with Gasteiger partial charge in [0, 0.05) is 18.3 Å². The lowest BCUT2D eigenvalue weighted by molar-refractivity contribution is -0.149. The minimum Gasteiger partial charge on any atom is -0.456 e. The Hall–Kier alpha value is -1.22. The third kappa shape index (κ3) is 1.86. The average Bonchev–Trinajstić information content (AvgIpc) is 3.12. The molecule has 1 unspecified atom stereocenters. The number of hydrogen-bond donors (Lipinski definition) is 1. The minimum atomic E-state index is -0.404. The zero-order valence-corrected chi connectivity index (χ0v) is 13.9. The summed E-state index contributed by atoms with van der Waals surface area (Å²) < 4.78 is 11.6. The number of hydrogen-bond acceptors (Lipinski definition) is 3. The van der Waals surface area contributed by atoms with Crippen molar-refractivity contribution in [3.05, 3.63) is 35.3 Å². The number of fused-ring (bicyclic) bond motifs is 4. The number of aliphatic hydroxyl groups is 1. The first kappa shape index (κ1) is 14.2. The lowest BCUT2D eigenvalue weighted by atomic mass is 9.58. The van der Waals surface area contributed by atoms with E-state index in [1.165, 1.54) is 19.3 Å². The van der Waals surface area contributed by atoms with E-state index >= 15 is 0 Å². The van der Waals surface area contributed by atoms with Gasteiger partial charge in [0.15, 0.2) is 0 Å². The molecule has 1 spiro atoms. The van der Waals surface area contributed by atoms with Crippen molar-refractivity contribution in [2.45, 2.75) is 70.2 Å². The second kappa shape index (κ2) is 4.66. The van der Waals surface area contributed by atoms with Gasteiger partial charge in [-0.1, -0.05) is 18.6 Å². The highest BCUT2D eigenvalue weighted by Crippen LogP contribution is 2.59. The van der Waals surface area contributed by atoms with E-state index in [2.05, 4.69) is 13.0 Å². The molecule has 5 aliphatic rings. The Morgan fingerprint density at radius 2 is 1.96 bits per heavy atom. The highest BCUT2D eigenvalue weighted by molar-refractivity contribution is 5.44. The molecule has 23 heavy (non-hydrogen) atoms. The first-order chi connectivity index (χ1) is 11.1. The molecule has 0 radical (unpaired) electrons. The maximum absolute atomic E-state index is 10.5. The van der Waals surface area contributed by atoms with Crippen molar-refractivity contribution < 1.29 is 14.6 Å². The Labute approximate surface area is 138 Å². The lowest BCUT2D eigenvalue weighted by Crippen LogP contribution is -2.42. The van der Waals surface area contributed by atoms with Crippen molar-refractivity contribution in [3.63, 3.8) is 0 Å². The van der Waals surface area contributed by atoms with Crippen molar-refractivity contribution in [2.24, 2.45) is 17.3 Å². The third-order valence-corrected chi connectivity index (χ3v) is 7.40. The number of aliphatic hydroxyl groups excluding tert-OH is 1. The van der Waals surface area contributed by atoms with Crippen molar-refractivity contribution >= 4 is 0 Å². The molecule has 4 aliphatic carbocycles. The van der Waals surface area contributed by atoms with Crippen LogP contribution in [0.1, 0.15) is 58.3 Å². The summed E-state index contributed by atoms with van der Waals surface area (Å²) in [5.41, 5.74) is 4.90. The highest BCUT2D eigenvalue weighted by atomic mass is 16.7. The van der Waals surface area contributed by atoms with Gasteiger partial charge in [-0.3, -0.25) is 0 Å². The van der Waals surface area contributed by atoms with Gasteiger partial charge >= 0.3 is 0 Å². The summed E-state index contributed by atoms with van der Waals surface area (Å²) in [7, 11) is 0. The van der Waals surface area contributed by atoms with E-state index in [1.54, 1.807) is 29.2 Å². The molecule has 1 saturated carbocycles. The molecule has 5 rings (SSSR count). The molecule has 0 aromatic heterocycles. The highest BCUT2D eigenvalue weighted by Gasteiger charge is 2.53. The third-order valence-electron chi connectivity index (χ3n) is 7.40. The van der Waals surface area contributed by atoms with Crippen molar-refractivity contribution in [1.82, 2.24) is 0 Å². The van der Waals surface area contributed by atoms with E-state index in [4.69, 9.17) is 9.47 Å². The molecule has 0 saturated heterocycles. The average molecular weight is 314 g/mol. The first-order valence-electron chi connectivity index (χ1n) is 9.21. The smallest absolute Gasteiger partial charge is 0.253 e. The fourth-order valence-corrected chi connectivity index (χ4v) is 6.06. The second-order valence-electron chi connectivity index (χ2n) is 8.39. The maximum atomic E-state index is 10.5. The Morgan fingerprint density at radius 3 is 2.78 bits per heavy atom. The molecule has 1 N–H and O–H groups in total. The van der Waals surface area contributed by atoms with Crippen LogP contribution in [0, 0.1) is 17.3 Å². The van der Waals surface area contributed by atoms with Gasteiger partial charge in [0.1, 0.15) is 12.5 Å². The molecule has 1 fully saturated rings. The summed E-state index contributed by atoms with van der Waals surface area (Å²) in [6.45, 7) is 2.31. The Kier molecular flexibility index (Phi) is 2.87. The summed E-state index contributed by atoms with van der Waals surface area (Å²) >= 11 is 0. The van der Waals surface area contributed by atoms with Crippen LogP contribution in [0.25, 0.3) is 0 Å². The van der Waals surface area contributed by atoms with E-state index in [0.29, 0.717) is 11.8 Å². The van der Waals surface area contributed by atoms with Crippen LogP contribution in [0.3, 0.4) is 0 Å². The van der Waals surface area contributed by atoms with Crippen LogP contribution in [-0.2, 0) is 9.47 Å². The van der Waals surface area contributed by atoms with Gasteiger partial charge in [0.05, 0.1) is 6.10 Å². The van der Waals surface area contributed by atoms with Crippen molar-refractivity contribution in [1.29, 1.82) is 0 Å². The molecule has 0 bridgehead atoms. The summed E-state index contributed by atoms with van der Waals surface area (Å²) in [6.07, 6.45) is 14.3. The van der Waals surface area contributed by atoms with Crippen LogP contribution in [-0.4, -0.2) is 17.0 Å². The summed E-state index contributed by atoms with van der Waals surface area (Å²) in [5, 5.41) is 10.5. The van der Waals surface area contributed by atoms with Crippen LogP contribution in [0.2, 0.25) is 0 Å². The molecule has 3 heteroatoms. The topological polar surface area (TPSA) is 38.7 Å². The minimum absolute atomic E-state index is 0.110. The second-order valence-corrected chi connectivity index (χ2v) is 8.39. The monoisotopic (exact) mass is 314 g/mol. The normalized spacial score (nSPS) is 43.4. The predicted molar refractivity (Wildman–Crippen MR) is 87.2 cm³/mol. The van der Waals surface area contributed by atoms with Crippen LogP contribution in [0.15, 0.2) is 35.3 Å². The van der Waals surface area contributed by atoms with Gasteiger partial charge in [0.25, 0.3) is 5.79 Å². The Bertz CT molecular complexity index is 621. The van der Waals surface area contributed by atoms with Crippen molar-refractivity contribution in [2.75, 3.05) is 0 Å². The van der Waals surface area contributed by atoms with Gasteiger partial charge in [-0.25, -0.2) is 0 Å². The van der Waals surface area contributed by atoms with Crippen LogP contribution in [0.4, 0.5) is 0 Å². The van der Waals surface area contributed by atoms with Crippen LogP contribution in [0.5, 0.6) is 0 Å². The predicted octanol–water partition coefficient (Wildman–Crippen LogP) is 4.20. The number of allylic oxidation sites excluding steroid dienone is 3. The van der Waals surface area contributed by atoms with Crippen LogP contribution >= 0.6 is 0 Å². The molecule has 0 aromatic rings. The number of rotatable bonds is 0. The first-order valence-corrected chi connectivity index (χ1v) is 9.21. The zero-order valence-electron chi connectivity index (χ0n) is 13.9. The Morgan fingerprint density at radius 1 is 1.13 bits per heavy atom. The molecule has 0 aromatic carbocycles. The largest absolute Gasteiger partial charge is 0.456 e. The molecule has 3 nitrogen and oxygen atoms in total. The van der Waals surface area contributed by atoms with Gasteiger partial charge in [0.2, 0.25) is 0 Å². The molecule has 4 atom stereocenters. The van der Waals surface area contributed by atoms with E-state index in [1.807, 2.05) is 0 Å². The fraction of sp³-hybridized carbons (Fsp3) is 0.700.